The van der Waals surface area contributed by atoms with Crippen LogP contribution in [0.1, 0.15) is 21.5 Å². The molecule has 110 valence electrons. The van der Waals surface area contributed by atoms with E-state index in [1.807, 2.05) is 31.2 Å². The Hall–Kier alpha value is -2.33. The molecule has 0 spiro atoms. The lowest BCUT2D eigenvalue weighted by molar-refractivity contribution is -0.111. The Morgan fingerprint density at radius 1 is 0.909 bits per heavy atom. The standard InChI is InChI=1S/C18H14O3S/c1-11-6-8-12(9-7-11)22-10-15-16(19)13-4-2-3-5-14(13)17(20)18(15)21/h2-9,19H,10H2,1H3. The third kappa shape index (κ3) is 2.57. The molecule has 0 aromatic heterocycles. The first-order chi connectivity index (χ1) is 10.6. The average Bonchev–Trinajstić information content (AvgIpc) is 2.54. The summed E-state index contributed by atoms with van der Waals surface area (Å²) in [5.41, 5.74) is 2.04. The van der Waals surface area contributed by atoms with Crippen LogP contribution in [0.4, 0.5) is 0 Å². The van der Waals surface area contributed by atoms with Crippen LogP contribution in [0, 0.1) is 6.92 Å². The maximum Gasteiger partial charge on any atom is 0.234 e. The van der Waals surface area contributed by atoms with E-state index in [1.165, 1.54) is 11.8 Å². The maximum atomic E-state index is 12.2. The molecule has 0 saturated heterocycles. The van der Waals surface area contributed by atoms with Crippen molar-refractivity contribution in [1.29, 1.82) is 0 Å². The predicted molar refractivity (Wildman–Crippen MR) is 87.2 cm³/mol. The average molecular weight is 310 g/mol. The van der Waals surface area contributed by atoms with Gasteiger partial charge in [0.15, 0.2) is 0 Å². The molecule has 0 fully saturated rings. The van der Waals surface area contributed by atoms with E-state index in [-0.39, 0.29) is 22.6 Å². The van der Waals surface area contributed by atoms with E-state index in [9.17, 15) is 14.7 Å². The number of carbonyl (C=O) groups is 2. The van der Waals surface area contributed by atoms with Gasteiger partial charge in [0.2, 0.25) is 11.6 Å². The smallest absolute Gasteiger partial charge is 0.234 e. The van der Waals surface area contributed by atoms with Crippen LogP contribution in [0.25, 0.3) is 5.76 Å². The van der Waals surface area contributed by atoms with Crippen LogP contribution in [0.5, 0.6) is 0 Å². The van der Waals surface area contributed by atoms with Crippen LogP contribution < -0.4 is 0 Å². The van der Waals surface area contributed by atoms with Crippen molar-refractivity contribution in [2.45, 2.75) is 11.8 Å². The summed E-state index contributed by atoms with van der Waals surface area (Å²) >= 11 is 1.43. The minimum atomic E-state index is -0.615. The van der Waals surface area contributed by atoms with Gasteiger partial charge in [-0.05, 0) is 19.1 Å². The zero-order valence-corrected chi connectivity index (χ0v) is 12.8. The lowest BCUT2D eigenvalue weighted by Crippen LogP contribution is -2.25. The van der Waals surface area contributed by atoms with Crippen molar-refractivity contribution in [2.24, 2.45) is 0 Å². The number of carbonyl (C=O) groups excluding carboxylic acids is 2. The maximum absolute atomic E-state index is 12.2. The van der Waals surface area contributed by atoms with Crippen molar-refractivity contribution in [3.05, 3.63) is 70.8 Å². The lowest BCUT2D eigenvalue weighted by atomic mass is 9.89. The second kappa shape index (κ2) is 5.81. The van der Waals surface area contributed by atoms with Gasteiger partial charge in [0.1, 0.15) is 5.76 Å². The van der Waals surface area contributed by atoms with Crippen molar-refractivity contribution in [1.82, 2.24) is 0 Å². The highest BCUT2D eigenvalue weighted by Gasteiger charge is 2.32. The number of thioether (sulfide) groups is 1. The fraction of sp³-hybridized carbons (Fsp3) is 0.111. The summed E-state index contributed by atoms with van der Waals surface area (Å²) in [6.45, 7) is 2.00. The van der Waals surface area contributed by atoms with Crippen LogP contribution in [-0.4, -0.2) is 22.4 Å². The second-order valence-electron chi connectivity index (χ2n) is 5.13. The topological polar surface area (TPSA) is 54.4 Å². The van der Waals surface area contributed by atoms with Gasteiger partial charge < -0.3 is 5.11 Å². The second-order valence-corrected chi connectivity index (χ2v) is 6.18. The summed E-state index contributed by atoms with van der Waals surface area (Å²) in [5.74, 6) is -0.975. The molecule has 0 aliphatic heterocycles. The number of aryl methyl sites for hydroxylation is 1. The molecule has 0 atom stereocenters. The summed E-state index contributed by atoms with van der Waals surface area (Å²) in [6, 6.07) is 14.5. The molecule has 0 bridgehead atoms. The molecular weight excluding hydrogens is 296 g/mol. The first kappa shape index (κ1) is 14.6. The van der Waals surface area contributed by atoms with E-state index in [0.717, 1.165) is 10.5 Å². The van der Waals surface area contributed by atoms with Crippen LogP contribution in [0.2, 0.25) is 0 Å². The van der Waals surface area contributed by atoms with Gasteiger partial charge >= 0.3 is 0 Å². The Morgan fingerprint density at radius 2 is 1.55 bits per heavy atom. The van der Waals surface area contributed by atoms with Gasteiger partial charge in [-0.25, -0.2) is 0 Å². The van der Waals surface area contributed by atoms with Gasteiger partial charge in [-0.2, -0.15) is 0 Å². The predicted octanol–water partition coefficient (Wildman–Crippen LogP) is 3.82. The molecule has 1 aliphatic rings. The Balaban J connectivity index is 1.91. The Bertz CT molecular complexity index is 788. The first-order valence-electron chi connectivity index (χ1n) is 6.88. The van der Waals surface area contributed by atoms with E-state index in [1.54, 1.807) is 24.3 Å². The van der Waals surface area contributed by atoms with Crippen LogP contribution >= 0.6 is 11.8 Å². The van der Waals surface area contributed by atoms with Gasteiger partial charge in [0, 0.05) is 21.8 Å². The number of fused-ring (bicyclic) bond motifs is 1. The number of hydrogen-bond donors (Lipinski definition) is 1. The number of ketones is 2. The van der Waals surface area contributed by atoms with Crippen molar-refractivity contribution < 1.29 is 14.7 Å². The molecule has 1 N–H and O–H groups in total. The van der Waals surface area contributed by atoms with E-state index in [2.05, 4.69) is 0 Å². The van der Waals surface area contributed by atoms with Gasteiger partial charge in [-0.15, -0.1) is 11.8 Å². The third-order valence-corrected chi connectivity index (χ3v) is 4.64. The summed E-state index contributed by atoms with van der Waals surface area (Å²) in [4.78, 5) is 25.3. The number of aliphatic hydroxyl groups is 1. The number of hydrogen-bond acceptors (Lipinski definition) is 4. The number of rotatable bonds is 3. The molecular formula is C18H14O3S. The number of benzene rings is 2. The number of aliphatic hydroxyl groups excluding tert-OH is 1. The lowest BCUT2D eigenvalue weighted by Gasteiger charge is -2.17. The van der Waals surface area contributed by atoms with Gasteiger partial charge in [-0.1, -0.05) is 42.0 Å². The van der Waals surface area contributed by atoms with E-state index in [4.69, 9.17) is 0 Å². The fourth-order valence-electron chi connectivity index (χ4n) is 2.34. The number of Topliss-reactive ketones (excluding diaryl/α,β-unsaturated/α-hetero) is 2. The molecule has 2 aromatic rings. The van der Waals surface area contributed by atoms with Crippen LogP contribution in [0.3, 0.4) is 0 Å². The van der Waals surface area contributed by atoms with E-state index < -0.39 is 11.6 Å². The normalized spacial score (nSPS) is 14.2. The summed E-state index contributed by atoms with van der Waals surface area (Å²) in [7, 11) is 0. The van der Waals surface area contributed by atoms with Crippen molar-refractivity contribution in [3.8, 4) is 0 Å². The van der Waals surface area contributed by atoms with Gasteiger partial charge in [0.25, 0.3) is 0 Å². The van der Waals surface area contributed by atoms with Crippen LogP contribution in [-0.2, 0) is 4.79 Å². The Labute approximate surface area is 132 Å². The molecule has 3 nitrogen and oxygen atoms in total. The summed E-state index contributed by atoms with van der Waals surface area (Å²) < 4.78 is 0. The van der Waals surface area contributed by atoms with Crippen molar-refractivity contribution in [3.63, 3.8) is 0 Å². The van der Waals surface area contributed by atoms with Gasteiger partial charge in [-0.3, -0.25) is 9.59 Å². The molecule has 3 rings (SSSR count). The molecule has 0 amide bonds. The van der Waals surface area contributed by atoms with E-state index in [0.29, 0.717) is 5.56 Å². The zero-order valence-electron chi connectivity index (χ0n) is 12.0. The Kier molecular flexibility index (Phi) is 3.86. The highest BCUT2D eigenvalue weighted by molar-refractivity contribution is 7.99. The van der Waals surface area contributed by atoms with Gasteiger partial charge in [0.05, 0.1) is 5.57 Å². The molecule has 0 heterocycles. The SMILES string of the molecule is Cc1ccc(SCC2=C(O)c3ccccc3C(=O)C2=O)cc1. The van der Waals surface area contributed by atoms with E-state index >= 15 is 0 Å². The van der Waals surface area contributed by atoms with Crippen LogP contribution in [0.15, 0.2) is 59.0 Å². The van der Waals surface area contributed by atoms with Crippen molar-refractivity contribution >= 4 is 29.1 Å². The fourth-order valence-corrected chi connectivity index (χ4v) is 3.25. The molecule has 0 unspecified atom stereocenters. The molecule has 4 heteroatoms. The largest absolute Gasteiger partial charge is 0.507 e. The minimum Gasteiger partial charge on any atom is -0.507 e. The zero-order chi connectivity index (χ0) is 15.7. The highest BCUT2D eigenvalue weighted by atomic mass is 32.2. The molecule has 1 aliphatic carbocycles. The first-order valence-corrected chi connectivity index (χ1v) is 7.86. The summed E-state index contributed by atoms with van der Waals surface area (Å²) in [6.07, 6.45) is 0. The minimum absolute atomic E-state index is 0.0835. The molecule has 0 radical (unpaired) electrons. The van der Waals surface area contributed by atoms with Crippen molar-refractivity contribution in [2.75, 3.05) is 5.75 Å². The Morgan fingerprint density at radius 3 is 2.23 bits per heavy atom. The third-order valence-electron chi connectivity index (χ3n) is 3.60. The quantitative estimate of drug-likeness (QED) is 0.691. The monoisotopic (exact) mass is 310 g/mol. The molecule has 22 heavy (non-hydrogen) atoms. The summed E-state index contributed by atoms with van der Waals surface area (Å²) in [5, 5.41) is 10.3. The highest BCUT2D eigenvalue weighted by Crippen LogP contribution is 2.31. The molecule has 2 aromatic carbocycles. The molecule has 0 saturated carbocycles.